The van der Waals surface area contributed by atoms with E-state index in [1.807, 2.05) is 49.1 Å². The molecule has 0 radical (unpaired) electrons. The van der Waals surface area contributed by atoms with E-state index in [4.69, 9.17) is 0 Å². The fourth-order valence-electron chi connectivity index (χ4n) is 5.25. The second kappa shape index (κ2) is 10.2. The maximum absolute atomic E-state index is 4.68. The van der Waals surface area contributed by atoms with Crippen LogP contribution in [0.3, 0.4) is 0 Å². The minimum absolute atomic E-state index is 0.730. The number of aliphatic imine (C=N–C) groups is 2. The monoisotopic (exact) mass is 504 g/mol. The highest BCUT2D eigenvalue weighted by Gasteiger charge is 2.39. The Morgan fingerprint density at radius 3 is 1.95 bits per heavy atom. The van der Waals surface area contributed by atoms with Crippen LogP contribution in [0.15, 0.2) is 101 Å². The highest BCUT2D eigenvalue weighted by molar-refractivity contribution is 5.84. The van der Waals surface area contributed by atoms with Gasteiger partial charge in [0.25, 0.3) is 0 Å². The first-order valence-corrected chi connectivity index (χ1v) is 13.6. The van der Waals surface area contributed by atoms with Crippen LogP contribution in [0.4, 0.5) is 11.4 Å². The zero-order chi connectivity index (χ0) is 26.0. The molecule has 0 bridgehead atoms. The Morgan fingerprint density at radius 1 is 0.641 bits per heavy atom. The maximum atomic E-state index is 4.68. The number of hydrogen-bond donors (Lipinski definition) is 0. The molecule has 4 aromatic rings. The van der Waals surface area contributed by atoms with Gasteiger partial charge in [0.1, 0.15) is 0 Å². The van der Waals surface area contributed by atoms with Gasteiger partial charge < -0.3 is 0 Å². The number of benzene rings is 2. The van der Waals surface area contributed by atoms with Crippen LogP contribution in [-0.4, -0.2) is 22.4 Å². The van der Waals surface area contributed by atoms with Crippen molar-refractivity contribution in [1.82, 2.24) is 9.97 Å². The molecule has 1 saturated carbocycles. The molecule has 4 nitrogen and oxygen atoms in total. The zero-order valence-electron chi connectivity index (χ0n) is 21.6. The van der Waals surface area contributed by atoms with E-state index >= 15 is 0 Å². The van der Waals surface area contributed by atoms with Gasteiger partial charge >= 0.3 is 0 Å². The van der Waals surface area contributed by atoms with E-state index in [0.717, 1.165) is 58.6 Å². The molecule has 2 aromatic heterocycles. The first-order valence-electron chi connectivity index (χ1n) is 13.6. The smallest absolute Gasteiger partial charge is 0.0886 e. The van der Waals surface area contributed by atoms with E-state index in [9.17, 15) is 0 Å². The predicted octanol–water partition coefficient (Wildman–Crippen LogP) is 8.60. The molecule has 0 spiro atoms. The molecule has 2 atom stereocenters. The van der Waals surface area contributed by atoms with E-state index in [1.54, 1.807) is 0 Å². The van der Waals surface area contributed by atoms with Gasteiger partial charge in [0, 0.05) is 35.9 Å². The topological polar surface area (TPSA) is 50.5 Å². The largest absolute Gasteiger partial charge is 0.256 e. The van der Waals surface area contributed by atoms with Gasteiger partial charge in [0.05, 0.1) is 22.8 Å². The van der Waals surface area contributed by atoms with Gasteiger partial charge in [-0.3, -0.25) is 20.0 Å². The first kappa shape index (κ1) is 23.4. The normalized spacial score (nSPS) is 20.6. The fourth-order valence-corrected chi connectivity index (χ4v) is 5.25. The van der Waals surface area contributed by atoms with Crippen LogP contribution >= 0.6 is 0 Å². The van der Waals surface area contributed by atoms with Gasteiger partial charge in [-0.05, 0) is 102 Å². The molecule has 39 heavy (non-hydrogen) atoms. The van der Waals surface area contributed by atoms with Crippen molar-refractivity contribution >= 4 is 42.0 Å². The Balaban J connectivity index is 1.01. The Labute approximate surface area is 228 Å². The Hall–Kier alpha value is -4.70. The van der Waals surface area contributed by atoms with Crippen LogP contribution < -0.4 is 0 Å². The minimum atomic E-state index is 0.730. The summed E-state index contributed by atoms with van der Waals surface area (Å²) in [7, 11) is 0. The van der Waals surface area contributed by atoms with Gasteiger partial charge in [-0.2, -0.15) is 0 Å². The lowest BCUT2D eigenvalue weighted by atomic mass is 9.97. The molecule has 4 heteroatoms. The molecule has 2 unspecified atom stereocenters. The quantitative estimate of drug-likeness (QED) is 0.256. The number of nitrogens with zero attached hydrogens (tertiary/aromatic N) is 4. The lowest BCUT2D eigenvalue weighted by molar-refractivity contribution is 0.996. The van der Waals surface area contributed by atoms with Gasteiger partial charge in [-0.15, -0.1) is 0 Å². The lowest BCUT2D eigenvalue weighted by Crippen LogP contribution is -1.92. The van der Waals surface area contributed by atoms with Crippen molar-refractivity contribution < 1.29 is 0 Å². The molecule has 3 aliphatic carbocycles. The Bertz CT molecular complexity index is 1670. The summed E-state index contributed by atoms with van der Waals surface area (Å²) in [5.74, 6) is 1.49. The highest BCUT2D eigenvalue weighted by Crippen LogP contribution is 2.52. The van der Waals surface area contributed by atoms with Crippen molar-refractivity contribution in [2.45, 2.75) is 25.2 Å². The van der Waals surface area contributed by atoms with Gasteiger partial charge in [0.2, 0.25) is 0 Å². The summed E-state index contributed by atoms with van der Waals surface area (Å²) in [5, 5.41) is 0. The number of fused-ring (bicyclic) bond motifs is 4. The number of rotatable bonds is 5. The second-order valence-electron chi connectivity index (χ2n) is 10.3. The molecular formula is C35H28N4. The van der Waals surface area contributed by atoms with E-state index in [2.05, 4.69) is 92.8 Å². The lowest BCUT2D eigenvalue weighted by Gasteiger charge is -2.10. The molecule has 0 amide bonds. The van der Waals surface area contributed by atoms with Crippen LogP contribution in [0, 0.1) is 5.92 Å². The van der Waals surface area contributed by atoms with Gasteiger partial charge in [0.15, 0.2) is 0 Å². The van der Waals surface area contributed by atoms with Gasteiger partial charge in [-0.25, -0.2) is 0 Å². The van der Waals surface area contributed by atoms with Crippen LogP contribution in [0.2, 0.25) is 0 Å². The molecule has 2 aromatic carbocycles. The van der Waals surface area contributed by atoms with Crippen molar-refractivity contribution in [2.24, 2.45) is 15.9 Å². The molecule has 0 N–H and O–H groups in total. The van der Waals surface area contributed by atoms with Crippen molar-refractivity contribution in [3.63, 3.8) is 0 Å². The van der Waals surface area contributed by atoms with Crippen LogP contribution in [0.1, 0.15) is 58.6 Å². The molecular weight excluding hydrogens is 476 g/mol. The molecule has 188 valence electrons. The molecule has 3 aliphatic rings. The standard InChI is InChI=1S/C35H28N4/c1-2-4-6-27-17-30(12-11-26(27)5-3-1)36-20-24-7-15-34(38-22-24)35-16-8-25(23-39-35)21-37-31-13-14-32-28(18-31)9-10-29-19-33(29)32/h3-18,20-23,29,33H,1-2,19H2/b5-3-,6-4-,36-20?,37-21?. The third kappa shape index (κ3) is 5.19. The summed E-state index contributed by atoms with van der Waals surface area (Å²) < 4.78 is 0. The van der Waals surface area contributed by atoms with Crippen LogP contribution in [-0.2, 0) is 0 Å². The number of aromatic nitrogens is 2. The maximum Gasteiger partial charge on any atom is 0.0886 e. The van der Waals surface area contributed by atoms with E-state index in [-0.39, 0.29) is 0 Å². The summed E-state index contributed by atoms with van der Waals surface area (Å²) in [5.41, 5.74) is 10.7. The van der Waals surface area contributed by atoms with Crippen LogP contribution in [0.5, 0.6) is 0 Å². The van der Waals surface area contributed by atoms with Gasteiger partial charge in [-0.1, -0.05) is 48.6 Å². The highest BCUT2D eigenvalue weighted by atomic mass is 14.8. The number of pyridine rings is 2. The van der Waals surface area contributed by atoms with Crippen LogP contribution in [0.25, 0.3) is 29.6 Å². The number of allylic oxidation sites excluding steroid dienone is 3. The Kier molecular flexibility index (Phi) is 6.14. The fraction of sp³-hybridized carbons (Fsp3) is 0.143. The first-order chi connectivity index (χ1) is 19.3. The number of hydrogen-bond acceptors (Lipinski definition) is 4. The SMILES string of the molecule is C1=CC2CC2c2ccc(N=Cc3ccc(-c4ccc(C=Nc5ccc6c(c5)/C=C\CC/C=C\6)cn4)nc3)cc21. The summed E-state index contributed by atoms with van der Waals surface area (Å²) >= 11 is 0. The molecule has 1 fully saturated rings. The average molecular weight is 505 g/mol. The minimum Gasteiger partial charge on any atom is -0.256 e. The van der Waals surface area contributed by atoms with E-state index < -0.39 is 0 Å². The summed E-state index contributed by atoms with van der Waals surface area (Å²) in [6.07, 6.45) is 24.3. The summed E-state index contributed by atoms with van der Waals surface area (Å²) in [4.78, 5) is 18.6. The van der Waals surface area contributed by atoms with Crippen molar-refractivity contribution in [1.29, 1.82) is 0 Å². The average Bonchev–Trinajstić information content (AvgIpc) is 3.77. The molecule has 0 aliphatic heterocycles. The zero-order valence-corrected chi connectivity index (χ0v) is 21.6. The second-order valence-corrected chi connectivity index (χ2v) is 10.3. The molecule has 0 saturated heterocycles. The molecule has 7 rings (SSSR count). The third-order valence-corrected chi connectivity index (χ3v) is 7.56. The molecule has 2 heterocycles. The summed E-state index contributed by atoms with van der Waals surface area (Å²) in [6.45, 7) is 0. The predicted molar refractivity (Wildman–Crippen MR) is 162 cm³/mol. The van der Waals surface area contributed by atoms with E-state index in [1.165, 1.54) is 28.7 Å². The van der Waals surface area contributed by atoms with Crippen molar-refractivity contribution in [3.8, 4) is 11.4 Å². The Morgan fingerprint density at radius 2 is 1.28 bits per heavy atom. The van der Waals surface area contributed by atoms with E-state index in [0.29, 0.717) is 0 Å². The van der Waals surface area contributed by atoms with Crippen molar-refractivity contribution in [3.05, 3.63) is 125 Å². The third-order valence-electron chi connectivity index (χ3n) is 7.56. The van der Waals surface area contributed by atoms with Crippen molar-refractivity contribution in [2.75, 3.05) is 0 Å². The summed E-state index contributed by atoms with van der Waals surface area (Å²) in [6, 6.07) is 20.8.